The third-order valence-corrected chi connectivity index (χ3v) is 3.32. The largest absolute Gasteiger partial charge is 0.464 e. The summed E-state index contributed by atoms with van der Waals surface area (Å²) in [6.45, 7) is 4.12. The highest BCUT2D eigenvalue weighted by Crippen LogP contribution is 2.22. The lowest BCUT2D eigenvalue weighted by Gasteiger charge is -2.29. The minimum atomic E-state index is -2.27. The zero-order valence-electron chi connectivity index (χ0n) is 14.5. The monoisotopic (exact) mass is 350 g/mol. The van der Waals surface area contributed by atoms with E-state index in [0.29, 0.717) is 0 Å². The van der Waals surface area contributed by atoms with Crippen molar-refractivity contribution in [1.82, 2.24) is 5.32 Å². The summed E-state index contributed by atoms with van der Waals surface area (Å²) in [5.41, 5.74) is 3.83. The molecule has 0 radical (unpaired) electrons. The number of nitrogen functional groups attached to an aromatic ring is 1. The molecule has 0 atom stereocenters. The molecule has 1 aromatic carbocycles. The zero-order valence-corrected chi connectivity index (χ0v) is 14.5. The van der Waals surface area contributed by atoms with Crippen molar-refractivity contribution in [2.45, 2.75) is 32.7 Å². The van der Waals surface area contributed by atoms with Crippen molar-refractivity contribution in [3.8, 4) is 0 Å². The Kier molecular flexibility index (Phi) is 7.10. The number of ether oxygens (including phenoxy) is 2. The van der Waals surface area contributed by atoms with Crippen LogP contribution >= 0.6 is 0 Å². The van der Waals surface area contributed by atoms with Gasteiger partial charge in [0.2, 0.25) is 11.4 Å². The molecule has 136 valence electrons. The van der Waals surface area contributed by atoms with Crippen LogP contribution < -0.4 is 11.1 Å². The molecule has 8 heteroatoms. The van der Waals surface area contributed by atoms with E-state index in [-0.39, 0.29) is 24.5 Å². The third-order valence-electron chi connectivity index (χ3n) is 3.32. The number of nitrogens with one attached hydrogen (secondary N) is 1. The molecule has 0 aliphatic heterocycles. The van der Waals surface area contributed by atoms with Gasteiger partial charge in [-0.25, -0.2) is 9.59 Å². The summed E-state index contributed by atoms with van der Waals surface area (Å²) in [6, 6.07) is 6.22. The predicted molar refractivity (Wildman–Crippen MR) is 89.6 cm³/mol. The van der Waals surface area contributed by atoms with Crippen molar-refractivity contribution < 1.29 is 28.7 Å². The summed E-state index contributed by atoms with van der Waals surface area (Å²) in [5.74, 6) is -3.42. The lowest BCUT2D eigenvalue weighted by molar-refractivity contribution is -0.167. The van der Waals surface area contributed by atoms with E-state index >= 15 is 0 Å². The van der Waals surface area contributed by atoms with Gasteiger partial charge in [-0.2, -0.15) is 0 Å². The van der Waals surface area contributed by atoms with Crippen LogP contribution in [-0.2, 0) is 23.9 Å². The van der Waals surface area contributed by atoms with Crippen molar-refractivity contribution in [3.63, 3.8) is 0 Å². The highest BCUT2D eigenvalue weighted by atomic mass is 16.6. The number of amides is 1. The van der Waals surface area contributed by atoms with E-state index in [9.17, 15) is 19.2 Å². The summed E-state index contributed by atoms with van der Waals surface area (Å²) in [6.07, 6.45) is -0.668. The van der Waals surface area contributed by atoms with Crippen LogP contribution in [0.25, 0.3) is 0 Å². The molecule has 0 saturated carbocycles. The van der Waals surface area contributed by atoms with Gasteiger partial charge >= 0.3 is 11.9 Å². The number of hydrogen-bond acceptors (Lipinski definition) is 7. The molecule has 0 aliphatic rings. The number of carbonyl (C=O) groups is 4. The highest BCUT2D eigenvalue weighted by Gasteiger charge is 2.51. The van der Waals surface area contributed by atoms with Crippen LogP contribution in [0.3, 0.4) is 0 Å². The Morgan fingerprint density at radius 2 is 1.56 bits per heavy atom. The minimum absolute atomic E-state index is 0.0404. The number of carbonyl (C=O) groups excluding carboxylic acids is 4. The predicted octanol–water partition coefficient (Wildman–Crippen LogP) is 0.843. The van der Waals surface area contributed by atoms with Crippen LogP contribution in [0.15, 0.2) is 24.3 Å². The molecule has 0 saturated heterocycles. The first-order chi connectivity index (χ1) is 11.8. The summed E-state index contributed by atoms with van der Waals surface area (Å²) >= 11 is 0. The van der Waals surface area contributed by atoms with Crippen LogP contribution in [0.1, 0.15) is 37.6 Å². The molecular formula is C17H22N2O6. The Labute approximate surface area is 145 Å². The first-order valence-corrected chi connectivity index (χ1v) is 7.79. The lowest BCUT2D eigenvalue weighted by atomic mass is 9.89. The van der Waals surface area contributed by atoms with Crippen LogP contribution in [0.2, 0.25) is 0 Å². The van der Waals surface area contributed by atoms with Gasteiger partial charge in [0.15, 0.2) is 5.78 Å². The number of para-hydroxylation sites is 1. The standard InChI is InChI=1S/C17H22N2O6/c1-4-24-15(22)17(19-11(3)20,16(23)25-5-2)10-14(21)12-8-6-7-9-13(12)18/h6-9H,4-5,10,18H2,1-3H3,(H,19,20). The fraction of sp³-hybridized carbons (Fsp3) is 0.412. The number of ketones is 1. The van der Waals surface area contributed by atoms with E-state index < -0.39 is 35.6 Å². The maximum atomic E-state index is 12.6. The molecule has 0 bridgehead atoms. The smallest absolute Gasteiger partial charge is 0.344 e. The third kappa shape index (κ3) is 4.79. The van der Waals surface area contributed by atoms with Crippen molar-refractivity contribution in [2.24, 2.45) is 0 Å². The molecule has 0 unspecified atom stereocenters. The molecule has 3 N–H and O–H groups in total. The fourth-order valence-electron chi connectivity index (χ4n) is 2.27. The van der Waals surface area contributed by atoms with Gasteiger partial charge in [0, 0.05) is 18.2 Å². The topological polar surface area (TPSA) is 125 Å². The SMILES string of the molecule is CCOC(=O)C(CC(=O)c1ccccc1N)(NC(C)=O)C(=O)OCC. The molecule has 0 fully saturated rings. The Balaban J connectivity index is 3.34. The molecule has 0 heterocycles. The van der Waals surface area contributed by atoms with Crippen molar-refractivity contribution >= 4 is 29.3 Å². The van der Waals surface area contributed by atoms with Crippen LogP contribution in [0, 0.1) is 0 Å². The van der Waals surface area contributed by atoms with Crippen molar-refractivity contribution in [3.05, 3.63) is 29.8 Å². The van der Waals surface area contributed by atoms with E-state index in [0.717, 1.165) is 6.92 Å². The average molecular weight is 350 g/mol. The average Bonchev–Trinajstić information content (AvgIpc) is 2.54. The number of nitrogens with two attached hydrogens (primary N) is 1. The number of esters is 2. The van der Waals surface area contributed by atoms with Gasteiger partial charge in [-0.1, -0.05) is 12.1 Å². The molecule has 25 heavy (non-hydrogen) atoms. The second-order valence-corrected chi connectivity index (χ2v) is 5.21. The van der Waals surface area contributed by atoms with Crippen molar-refractivity contribution in [1.29, 1.82) is 0 Å². The molecule has 1 aromatic rings. The van der Waals surface area contributed by atoms with E-state index in [1.165, 1.54) is 12.1 Å². The Bertz CT molecular complexity index is 653. The van der Waals surface area contributed by atoms with Gasteiger partial charge in [0.05, 0.1) is 19.6 Å². The van der Waals surface area contributed by atoms with Crippen LogP contribution in [0.5, 0.6) is 0 Å². The Hall–Kier alpha value is -2.90. The van der Waals surface area contributed by atoms with E-state index in [4.69, 9.17) is 15.2 Å². The summed E-state index contributed by atoms with van der Waals surface area (Å²) in [7, 11) is 0. The summed E-state index contributed by atoms with van der Waals surface area (Å²) in [4.78, 5) is 49.1. The first kappa shape index (κ1) is 20.1. The molecule has 8 nitrogen and oxygen atoms in total. The van der Waals surface area contributed by atoms with Gasteiger partial charge in [-0.15, -0.1) is 0 Å². The summed E-state index contributed by atoms with van der Waals surface area (Å²) in [5, 5.41) is 2.23. The normalized spacial score (nSPS) is 10.7. The second kappa shape index (κ2) is 8.81. The minimum Gasteiger partial charge on any atom is -0.464 e. The van der Waals surface area contributed by atoms with Gasteiger partial charge in [-0.05, 0) is 26.0 Å². The van der Waals surface area contributed by atoms with Gasteiger partial charge < -0.3 is 20.5 Å². The molecule has 0 aliphatic carbocycles. The maximum Gasteiger partial charge on any atom is 0.344 e. The maximum absolute atomic E-state index is 12.6. The molecule has 0 aromatic heterocycles. The number of anilines is 1. The number of benzene rings is 1. The van der Waals surface area contributed by atoms with E-state index in [1.54, 1.807) is 26.0 Å². The van der Waals surface area contributed by atoms with Crippen LogP contribution in [0.4, 0.5) is 5.69 Å². The number of Topliss-reactive ketones (excluding diaryl/α,β-unsaturated/α-hetero) is 1. The number of hydrogen-bond donors (Lipinski definition) is 2. The zero-order chi connectivity index (χ0) is 19.0. The van der Waals surface area contributed by atoms with Crippen molar-refractivity contribution in [2.75, 3.05) is 18.9 Å². The fourth-order valence-corrected chi connectivity index (χ4v) is 2.27. The van der Waals surface area contributed by atoms with Crippen LogP contribution in [-0.4, -0.2) is 42.4 Å². The Morgan fingerprint density at radius 3 is 2.00 bits per heavy atom. The molecule has 1 amide bonds. The quantitative estimate of drug-likeness (QED) is 0.308. The Morgan fingerprint density at radius 1 is 1.04 bits per heavy atom. The van der Waals surface area contributed by atoms with E-state index in [1.807, 2.05) is 0 Å². The lowest BCUT2D eigenvalue weighted by Crippen LogP contribution is -2.62. The second-order valence-electron chi connectivity index (χ2n) is 5.21. The molecule has 0 spiro atoms. The van der Waals surface area contributed by atoms with Gasteiger partial charge in [0.25, 0.3) is 0 Å². The van der Waals surface area contributed by atoms with E-state index in [2.05, 4.69) is 5.32 Å². The van der Waals surface area contributed by atoms with Gasteiger partial charge in [-0.3, -0.25) is 9.59 Å². The number of rotatable bonds is 8. The summed E-state index contributed by atoms with van der Waals surface area (Å²) < 4.78 is 9.81. The molecular weight excluding hydrogens is 328 g/mol. The molecule has 1 rings (SSSR count). The first-order valence-electron chi connectivity index (χ1n) is 7.79. The van der Waals surface area contributed by atoms with Gasteiger partial charge in [0.1, 0.15) is 0 Å². The highest BCUT2D eigenvalue weighted by molar-refractivity contribution is 6.14.